The number of nitrogens with one attached hydrogen (secondary N) is 1. The SMILES string of the molecule is CCCOc1ccccc1N1C(=O)C[C@@H](N(C)Cc2nc3ccccc3c(=O)[nH]2)C1=O. The van der Waals surface area contributed by atoms with Crippen LogP contribution in [0.3, 0.4) is 0 Å². The molecule has 160 valence electrons. The van der Waals surface area contributed by atoms with Gasteiger partial charge in [-0.05, 0) is 37.7 Å². The van der Waals surface area contributed by atoms with Crippen molar-refractivity contribution in [2.75, 3.05) is 18.6 Å². The lowest BCUT2D eigenvalue weighted by atomic mass is 10.2. The highest BCUT2D eigenvalue weighted by molar-refractivity contribution is 6.23. The Morgan fingerprint density at radius 2 is 1.87 bits per heavy atom. The van der Waals surface area contributed by atoms with Crippen molar-refractivity contribution >= 4 is 28.4 Å². The molecular weight excluding hydrogens is 396 g/mol. The zero-order chi connectivity index (χ0) is 22.0. The third-order valence-electron chi connectivity index (χ3n) is 5.28. The number of hydrogen-bond acceptors (Lipinski definition) is 6. The number of rotatable bonds is 7. The number of hydrogen-bond donors (Lipinski definition) is 1. The van der Waals surface area contributed by atoms with Gasteiger partial charge in [0.1, 0.15) is 11.6 Å². The minimum absolute atomic E-state index is 0.0509. The summed E-state index contributed by atoms with van der Waals surface area (Å²) in [5.41, 5.74) is 0.817. The molecule has 31 heavy (non-hydrogen) atoms. The van der Waals surface area contributed by atoms with Crippen LogP contribution in [0, 0.1) is 0 Å². The molecule has 0 bridgehead atoms. The summed E-state index contributed by atoms with van der Waals surface area (Å²) in [4.78, 5) is 48.4. The molecule has 1 fully saturated rings. The number of fused-ring (bicyclic) bond motifs is 1. The molecule has 1 aliphatic heterocycles. The van der Waals surface area contributed by atoms with E-state index < -0.39 is 6.04 Å². The Balaban J connectivity index is 1.56. The first-order chi connectivity index (χ1) is 15.0. The molecule has 1 saturated heterocycles. The number of anilines is 1. The predicted octanol–water partition coefficient (Wildman–Crippen LogP) is 2.48. The fourth-order valence-electron chi connectivity index (χ4n) is 3.75. The number of carbonyl (C=O) groups is 2. The summed E-state index contributed by atoms with van der Waals surface area (Å²) >= 11 is 0. The summed E-state index contributed by atoms with van der Waals surface area (Å²) < 4.78 is 5.73. The largest absolute Gasteiger partial charge is 0.491 e. The van der Waals surface area contributed by atoms with Gasteiger partial charge in [-0.3, -0.25) is 19.3 Å². The van der Waals surface area contributed by atoms with Gasteiger partial charge in [0, 0.05) is 0 Å². The van der Waals surface area contributed by atoms with Crippen LogP contribution < -0.4 is 15.2 Å². The van der Waals surface area contributed by atoms with E-state index in [1.165, 1.54) is 4.90 Å². The van der Waals surface area contributed by atoms with Crippen molar-refractivity contribution in [3.05, 3.63) is 64.7 Å². The Hall–Kier alpha value is -3.52. The number of H-pyrrole nitrogens is 1. The van der Waals surface area contributed by atoms with Crippen LogP contribution in [-0.2, 0) is 16.1 Å². The molecule has 0 spiro atoms. The van der Waals surface area contributed by atoms with E-state index in [1.807, 2.05) is 19.1 Å². The van der Waals surface area contributed by atoms with Gasteiger partial charge in [0.2, 0.25) is 5.91 Å². The summed E-state index contributed by atoms with van der Waals surface area (Å²) in [5.74, 6) is 0.351. The van der Waals surface area contributed by atoms with Crippen molar-refractivity contribution in [1.29, 1.82) is 0 Å². The van der Waals surface area contributed by atoms with Gasteiger partial charge in [0.25, 0.3) is 11.5 Å². The number of aromatic amines is 1. The van der Waals surface area contributed by atoms with Crippen molar-refractivity contribution in [3.63, 3.8) is 0 Å². The average Bonchev–Trinajstić information content (AvgIpc) is 3.06. The van der Waals surface area contributed by atoms with Gasteiger partial charge in [-0.1, -0.05) is 31.2 Å². The number of benzene rings is 2. The molecule has 2 amide bonds. The number of carbonyl (C=O) groups excluding carboxylic acids is 2. The minimum atomic E-state index is -0.650. The second-order valence-electron chi connectivity index (χ2n) is 7.55. The minimum Gasteiger partial charge on any atom is -0.491 e. The van der Waals surface area contributed by atoms with Crippen molar-refractivity contribution in [2.45, 2.75) is 32.4 Å². The quantitative estimate of drug-likeness (QED) is 0.590. The van der Waals surface area contributed by atoms with Gasteiger partial charge in [-0.15, -0.1) is 0 Å². The number of amides is 2. The normalized spacial score (nSPS) is 16.5. The molecule has 1 aliphatic rings. The lowest BCUT2D eigenvalue weighted by Gasteiger charge is -2.23. The molecule has 2 heterocycles. The molecule has 0 unspecified atom stereocenters. The summed E-state index contributed by atoms with van der Waals surface area (Å²) in [7, 11) is 1.74. The van der Waals surface area contributed by atoms with Crippen LogP contribution in [0.1, 0.15) is 25.6 Å². The predicted molar refractivity (Wildman–Crippen MR) is 117 cm³/mol. The van der Waals surface area contributed by atoms with E-state index >= 15 is 0 Å². The van der Waals surface area contributed by atoms with E-state index in [0.717, 1.165) is 6.42 Å². The number of ether oxygens (including phenoxy) is 1. The van der Waals surface area contributed by atoms with Crippen LogP contribution in [0.15, 0.2) is 53.3 Å². The highest BCUT2D eigenvalue weighted by atomic mass is 16.5. The first kappa shape index (κ1) is 20.7. The third-order valence-corrected chi connectivity index (χ3v) is 5.28. The maximum atomic E-state index is 13.2. The molecule has 1 atom stereocenters. The van der Waals surface area contributed by atoms with E-state index in [9.17, 15) is 14.4 Å². The van der Waals surface area contributed by atoms with Gasteiger partial charge in [0.15, 0.2) is 0 Å². The summed E-state index contributed by atoms with van der Waals surface area (Å²) in [6.45, 7) is 2.72. The smallest absolute Gasteiger partial charge is 0.258 e. The first-order valence-corrected chi connectivity index (χ1v) is 10.3. The Morgan fingerprint density at radius 1 is 1.13 bits per heavy atom. The number of imide groups is 1. The zero-order valence-electron chi connectivity index (χ0n) is 17.5. The maximum Gasteiger partial charge on any atom is 0.258 e. The summed E-state index contributed by atoms with van der Waals surface area (Å²) in [5, 5.41) is 0.510. The molecule has 1 N–H and O–H groups in total. The Kier molecular flexibility index (Phi) is 5.81. The average molecular weight is 420 g/mol. The lowest BCUT2D eigenvalue weighted by molar-refractivity contribution is -0.122. The molecule has 8 nitrogen and oxygen atoms in total. The first-order valence-electron chi connectivity index (χ1n) is 10.3. The van der Waals surface area contributed by atoms with Crippen LogP contribution in [0.25, 0.3) is 10.9 Å². The topological polar surface area (TPSA) is 95.6 Å². The second-order valence-corrected chi connectivity index (χ2v) is 7.55. The van der Waals surface area contributed by atoms with E-state index in [1.54, 1.807) is 48.3 Å². The van der Waals surface area contributed by atoms with Crippen LogP contribution in [0.5, 0.6) is 5.75 Å². The maximum absolute atomic E-state index is 13.2. The zero-order valence-corrected chi connectivity index (χ0v) is 17.5. The Morgan fingerprint density at radius 3 is 2.68 bits per heavy atom. The van der Waals surface area contributed by atoms with Crippen molar-refractivity contribution < 1.29 is 14.3 Å². The Bertz CT molecular complexity index is 1190. The number of aromatic nitrogens is 2. The van der Waals surface area contributed by atoms with Crippen molar-refractivity contribution in [2.24, 2.45) is 0 Å². The molecule has 1 aromatic heterocycles. The molecule has 4 rings (SSSR count). The number of nitrogens with zero attached hydrogens (tertiary/aromatic N) is 3. The highest BCUT2D eigenvalue weighted by Gasteiger charge is 2.42. The van der Waals surface area contributed by atoms with Gasteiger partial charge >= 0.3 is 0 Å². The molecule has 8 heteroatoms. The lowest BCUT2D eigenvalue weighted by Crippen LogP contribution is -2.40. The van der Waals surface area contributed by atoms with Gasteiger partial charge in [0.05, 0.1) is 42.2 Å². The molecule has 0 aliphatic carbocycles. The van der Waals surface area contributed by atoms with E-state index in [4.69, 9.17) is 4.74 Å². The second kappa shape index (κ2) is 8.69. The van der Waals surface area contributed by atoms with Gasteiger partial charge in [-0.2, -0.15) is 0 Å². The fraction of sp³-hybridized carbons (Fsp3) is 0.304. The summed E-state index contributed by atoms with van der Waals surface area (Å²) in [6, 6.07) is 13.5. The van der Waals surface area contributed by atoms with Crippen LogP contribution in [0.4, 0.5) is 5.69 Å². The number of para-hydroxylation sites is 3. The van der Waals surface area contributed by atoms with Gasteiger partial charge in [-0.25, -0.2) is 9.88 Å². The van der Waals surface area contributed by atoms with Crippen LogP contribution >= 0.6 is 0 Å². The van der Waals surface area contributed by atoms with Crippen molar-refractivity contribution in [3.8, 4) is 5.75 Å². The van der Waals surface area contributed by atoms with E-state index in [2.05, 4.69) is 9.97 Å². The van der Waals surface area contributed by atoms with E-state index in [-0.39, 0.29) is 30.3 Å². The standard InChI is InChI=1S/C23H24N4O4/c1-3-12-31-19-11-7-6-10-17(19)27-21(28)13-18(23(27)30)26(2)14-20-24-16-9-5-4-8-15(16)22(29)25-20/h4-11,18H,3,12-14H2,1-2H3,(H,24,25,29)/t18-/m1/s1. The van der Waals surface area contributed by atoms with Gasteiger partial charge < -0.3 is 9.72 Å². The molecule has 0 saturated carbocycles. The molecular formula is C23H24N4O4. The highest BCUT2D eigenvalue weighted by Crippen LogP contribution is 2.33. The summed E-state index contributed by atoms with van der Waals surface area (Å²) in [6.07, 6.45) is 0.869. The number of likely N-dealkylation sites (N-methyl/N-ethyl adjacent to an activating group) is 1. The van der Waals surface area contributed by atoms with E-state index in [0.29, 0.717) is 34.8 Å². The fourth-order valence-corrected chi connectivity index (χ4v) is 3.75. The van der Waals surface area contributed by atoms with Crippen molar-refractivity contribution in [1.82, 2.24) is 14.9 Å². The monoisotopic (exact) mass is 420 g/mol. The van der Waals surface area contributed by atoms with Crippen LogP contribution in [0.2, 0.25) is 0 Å². The third kappa shape index (κ3) is 4.06. The molecule has 0 radical (unpaired) electrons. The Labute approximate surface area is 179 Å². The van der Waals surface area contributed by atoms with Crippen LogP contribution in [-0.4, -0.2) is 46.4 Å². The molecule has 3 aromatic rings. The molecule has 2 aromatic carbocycles.